The van der Waals surface area contributed by atoms with Crippen LogP contribution in [0.1, 0.15) is 30.5 Å². The summed E-state index contributed by atoms with van der Waals surface area (Å²) < 4.78 is 1.95. The van der Waals surface area contributed by atoms with Crippen molar-refractivity contribution in [1.82, 2.24) is 14.8 Å². The standard InChI is InChI=1S/C13H18N4/c1-2-7-17-10-12(9-16-17)13(14)8-11-3-5-15-6-4-11/h3-6,9-10,13H,2,7-8,14H2,1H3. The maximum absolute atomic E-state index is 6.16. The van der Waals surface area contributed by atoms with Crippen LogP contribution in [0.15, 0.2) is 36.9 Å². The van der Waals surface area contributed by atoms with Gasteiger partial charge in [-0.05, 0) is 30.5 Å². The van der Waals surface area contributed by atoms with Crippen molar-refractivity contribution in [2.45, 2.75) is 32.4 Å². The number of rotatable bonds is 5. The second kappa shape index (κ2) is 5.59. The van der Waals surface area contributed by atoms with E-state index in [1.807, 2.05) is 29.2 Å². The van der Waals surface area contributed by atoms with Crippen molar-refractivity contribution in [3.63, 3.8) is 0 Å². The Morgan fingerprint density at radius 3 is 2.82 bits per heavy atom. The molecule has 2 rings (SSSR count). The number of pyridine rings is 1. The van der Waals surface area contributed by atoms with E-state index in [0.29, 0.717) is 0 Å². The Balaban J connectivity index is 2.01. The van der Waals surface area contributed by atoms with Crippen LogP contribution in [0.2, 0.25) is 0 Å². The van der Waals surface area contributed by atoms with E-state index in [1.165, 1.54) is 5.56 Å². The fourth-order valence-corrected chi connectivity index (χ4v) is 1.81. The molecule has 17 heavy (non-hydrogen) atoms. The lowest BCUT2D eigenvalue weighted by atomic mass is 10.0. The van der Waals surface area contributed by atoms with E-state index < -0.39 is 0 Å². The minimum Gasteiger partial charge on any atom is -0.324 e. The molecule has 4 nitrogen and oxygen atoms in total. The van der Waals surface area contributed by atoms with Crippen LogP contribution in [-0.2, 0) is 13.0 Å². The molecular formula is C13H18N4. The number of hydrogen-bond acceptors (Lipinski definition) is 3. The van der Waals surface area contributed by atoms with Gasteiger partial charge in [0.05, 0.1) is 6.20 Å². The van der Waals surface area contributed by atoms with Crippen LogP contribution in [0.3, 0.4) is 0 Å². The molecule has 0 aliphatic heterocycles. The van der Waals surface area contributed by atoms with Crippen molar-refractivity contribution in [2.24, 2.45) is 5.73 Å². The predicted octanol–water partition coefficient (Wildman–Crippen LogP) is 1.93. The third kappa shape index (κ3) is 3.14. The first kappa shape index (κ1) is 11.8. The third-order valence-corrected chi connectivity index (χ3v) is 2.74. The second-order valence-corrected chi connectivity index (χ2v) is 4.20. The van der Waals surface area contributed by atoms with Gasteiger partial charge in [0.2, 0.25) is 0 Å². The lowest BCUT2D eigenvalue weighted by molar-refractivity contribution is 0.601. The molecule has 0 saturated carbocycles. The van der Waals surface area contributed by atoms with Crippen molar-refractivity contribution in [1.29, 1.82) is 0 Å². The highest BCUT2D eigenvalue weighted by molar-refractivity contribution is 5.17. The Morgan fingerprint density at radius 2 is 2.12 bits per heavy atom. The minimum absolute atomic E-state index is 0.00278. The Bertz CT molecular complexity index is 449. The molecule has 0 bridgehead atoms. The molecule has 0 saturated heterocycles. The highest BCUT2D eigenvalue weighted by Crippen LogP contribution is 2.14. The molecule has 0 aromatic carbocycles. The summed E-state index contributed by atoms with van der Waals surface area (Å²) in [6.45, 7) is 3.08. The first-order valence-electron chi connectivity index (χ1n) is 5.96. The maximum Gasteiger partial charge on any atom is 0.0537 e. The fraction of sp³-hybridized carbons (Fsp3) is 0.385. The summed E-state index contributed by atoms with van der Waals surface area (Å²) >= 11 is 0. The number of aryl methyl sites for hydroxylation is 1. The van der Waals surface area contributed by atoms with Gasteiger partial charge in [0.25, 0.3) is 0 Å². The number of nitrogens with zero attached hydrogens (tertiary/aromatic N) is 3. The molecule has 4 heteroatoms. The molecule has 90 valence electrons. The minimum atomic E-state index is 0.00278. The molecule has 1 atom stereocenters. The highest BCUT2D eigenvalue weighted by Gasteiger charge is 2.09. The van der Waals surface area contributed by atoms with Crippen molar-refractivity contribution in [3.8, 4) is 0 Å². The maximum atomic E-state index is 6.16. The molecule has 2 aromatic heterocycles. The van der Waals surface area contributed by atoms with Crippen molar-refractivity contribution >= 4 is 0 Å². The Labute approximate surface area is 101 Å². The SMILES string of the molecule is CCCn1cc(C(N)Cc2ccncc2)cn1. The van der Waals surface area contributed by atoms with E-state index in [1.54, 1.807) is 12.4 Å². The van der Waals surface area contributed by atoms with Crippen LogP contribution in [0.25, 0.3) is 0 Å². The zero-order chi connectivity index (χ0) is 12.1. The Kier molecular flexibility index (Phi) is 3.88. The average Bonchev–Trinajstić information content (AvgIpc) is 2.79. The Morgan fingerprint density at radius 1 is 1.35 bits per heavy atom. The van der Waals surface area contributed by atoms with Crippen molar-refractivity contribution in [3.05, 3.63) is 48.0 Å². The summed E-state index contributed by atoms with van der Waals surface area (Å²) in [5.41, 5.74) is 8.46. The molecule has 1 unspecified atom stereocenters. The van der Waals surface area contributed by atoms with Gasteiger partial charge in [-0.3, -0.25) is 9.67 Å². The van der Waals surface area contributed by atoms with E-state index in [-0.39, 0.29) is 6.04 Å². The molecular weight excluding hydrogens is 212 g/mol. The van der Waals surface area contributed by atoms with Gasteiger partial charge >= 0.3 is 0 Å². The van der Waals surface area contributed by atoms with Gasteiger partial charge < -0.3 is 5.73 Å². The zero-order valence-corrected chi connectivity index (χ0v) is 10.1. The first-order valence-corrected chi connectivity index (χ1v) is 5.96. The molecule has 0 radical (unpaired) electrons. The van der Waals surface area contributed by atoms with Crippen LogP contribution in [0, 0.1) is 0 Å². The zero-order valence-electron chi connectivity index (χ0n) is 10.1. The Hall–Kier alpha value is -1.68. The van der Waals surface area contributed by atoms with E-state index in [0.717, 1.165) is 24.9 Å². The molecule has 2 heterocycles. The topological polar surface area (TPSA) is 56.7 Å². The monoisotopic (exact) mass is 230 g/mol. The van der Waals surface area contributed by atoms with E-state index >= 15 is 0 Å². The van der Waals surface area contributed by atoms with E-state index in [9.17, 15) is 0 Å². The second-order valence-electron chi connectivity index (χ2n) is 4.20. The van der Waals surface area contributed by atoms with Gasteiger partial charge in [-0.15, -0.1) is 0 Å². The highest BCUT2D eigenvalue weighted by atomic mass is 15.3. The van der Waals surface area contributed by atoms with Crippen molar-refractivity contribution in [2.75, 3.05) is 0 Å². The summed E-state index contributed by atoms with van der Waals surface area (Å²) in [6, 6.07) is 4.00. The van der Waals surface area contributed by atoms with Gasteiger partial charge in [-0.1, -0.05) is 6.92 Å². The molecule has 2 aromatic rings. The summed E-state index contributed by atoms with van der Waals surface area (Å²) in [5, 5.41) is 4.29. The average molecular weight is 230 g/mol. The molecule has 0 aliphatic carbocycles. The smallest absolute Gasteiger partial charge is 0.0537 e. The van der Waals surface area contributed by atoms with Crippen LogP contribution in [0.4, 0.5) is 0 Å². The van der Waals surface area contributed by atoms with Gasteiger partial charge in [-0.25, -0.2) is 0 Å². The summed E-state index contributed by atoms with van der Waals surface area (Å²) in [6.07, 6.45) is 9.39. The van der Waals surface area contributed by atoms with E-state index in [2.05, 4.69) is 17.0 Å². The number of hydrogen-bond donors (Lipinski definition) is 1. The largest absolute Gasteiger partial charge is 0.324 e. The van der Waals surface area contributed by atoms with Gasteiger partial charge in [0, 0.05) is 36.7 Å². The molecule has 0 spiro atoms. The van der Waals surface area contributed by atoms with Gasteiger partial charge in [-0.2, -0.15) is 5.10 Å². The van der Waals surface area contributed by atoms with Crippen LogP contribution in [-0.4, -0.2) is 14.8 Å². The number of aromatic nitrogens is 3. The normalized spacial score (nSPS) is 12.6. The molecule has 0 aliphatic rings. The summed E-state index contributed by atoms with van der Waals surface area (Å²) in [7, 11) is 0. The molecule has 0 amide bonds. The first-order chi connectivity index (χ1) is 8.29. The lowest BCUT2D eigenvalue weighted by Gasteiger charge is -2.08. The van der Waals surface area contributed by atoms with Crippen LogP contribution in [0.5, 0.6) is 0 Å². The third-order valence-electron chi connectivity index (χ3n) is 2.74. The van der Waals surface area contributed by atoms with E-state index in [4.69, 9.17) is 5.73 Å². The van der Waals surface area contributed by atoms with Gasteiger partial charge in [0.15, 0.2) is 0 Å². The number of nitrogens with two attached hydrogens (primary N) is 1. The van der Waals surface area contributed by atoms with Crippen LogP contribution >= 0.6 is 0 Å². The summed E-state index contributed by atoms with van der Waals surface area (Å²) in [4.78, 5) is 4.00. The van der Waals surface area contributed by atoms with Gasteiger partial charge in [0.1, 0.15) is 0 Å². The van der Waals surface area contributed by atoms with Crippen LogP contribution < -0.4 is 5.73 Å². The molecule has 0 fully saturated rings. The quantitative estimate of drug-likeness (QED) is 0.854. The lowest BCUT2D eigenvalue weighted by Crippen LogP contribution is -2.12. The predicted molar refractivity (Wildman–Crippen MR) is 67.4 cm³/mol. The summed E-state index contributed by atoms with van der Waals surface area (Å²) in [5.74, 6) is 0. The fourth-order valence-electron chi connectivity index (χ4n) is 1.81. The van der Waals surface area contributed by atoms with Crippen molar-refractivity contribution < 1.29 is 0 Å². The molecule has 2 N–H and O–H groups in total.